The fraction of sp³-hybridized carbons (Fsp3) is 0.429. The summed E-state index contributed by atoms with van der Waals surface area (Å²) in [6.07, 6.45) is 5.10. The SMILES string of the molecule is CC(=O)Nc1ncc(S(=O)(=O)NCc2nccc(N3CCCC3)n2)s1. The first kappa shape index (κ1) is 17.7. The standard InChI is InChI=1S/C14H18N6O3S2/c1-10(21)18-14-16-9-13(24-14)25(22,23)17-8-11-15-5-4-12(19-11)20-6-2-3-7-20/h4-5,9,17H,2-3,6-8H2,1H3,(H,16,18,21). The predicted octanol–water partition coefficient (Wildman–Crippen LogP) is 0.970. The number of amides is 1. The predicted molar refractivity (Wildman–Crippen MR) is 93.9 cm³/mol. The number of aromatic nitrogens is 3. The van der Waals surface area contributed by atoms with Gasteiger partial charge in [-0.2, -0.15) is 0 Å². The maximum Gasteiger partial charge on any atom is 0.252 e. The van der Waals surface area contributed by atoms with Crippen molar-refractivity contribution in [1.29, 1.82) is 0 Å². The molecular weight excluding hydrogens is 364 g/mol. The topological polar surface area (TPSA) is 117 Å². The average Bonchev–Trinajstić information content (AvgIpc) is 3.24. The Bertz CT molecular complexity index is 861. The lowest BCUT2D eigenvalue weighted by Gasteiger charge is -2.16. The summed E-state index contributed by atoms with van der Waals surface area (Å²) in [6.45, 7) is 3.22. The first-order valence-electron chi connectivity index (χ1n) is 7.74. The molecule has 3 rings (SSSR count). The van der Waals surface area contributed by atoms with Gasteiger partial charge in [-0.3, -0.25) is 4.79 Å². The van der Waals surface area contributed by atoms with Crippen LogP contribution in [0.25, 0.3) is 0 Å². The van der Waals surface area contributed by atoms with Crippen molar-refractivity contribution in [3.63, 3.8) is 0 Å². The molecule has 0 aliphatic carbocycles. The van der Waals surface area contributed by atoms with Gasteiger partial charge in [0.1, 0.15) is 11.6 Å². The number of carbonyl (C=O) groups excluding carboxylic acids is 1. The normalized spacial score (nSPS) is 14.7. The molecule has 0 unspecified atom stereocenters. The number of hydrogen-bond acceptors (Lipinski definition) is 8. The minimum atomic E-state index is -3.74. The fourth-order valence-electron chi connectivity index (χ4n) is 2.42. The molecular formula is C14H18N6O3S2. The Morgan fingerprint density at radius 1 is 1.32 bits per heavy atom. The fourth-order valence-corrected chi connectivity index (χ4v) is 4.52. The molecule has 25 heavy (non-hydrogen) atoms. The van der Waals surface area contributed by atoms with Crippen LogP contribution < -0.4 is 14.9 Å². The van der Waals surface area contributed by atoms with Crippen molar-refractivity contribution in [2.24, 2.45) is 0 Å². The first-order chi connectivity index (χ1) is 11.9. The lowest BCUT2D eigenvalue weighted by atomic mass is 10.4. The van der Waals surface area contributed by atoms with E-state index in [1.165, 1.54) is 13.1 Å². The van der Waals surface area contributed by atoms with E-state index in [4.69, 9.17) is 0 Å². The monoisotopic (exact) mass is 382 g/mol. The van der Waals surface area contributed by atoms with E-state index in [2.05, 4.69) is 29.9 Å². The number of nitrogens with zero attached hydrogens (tertiary/aromatic N) is 4. The summed E-state index contributed by atoms with van der Waals surface area (Å²) in [5.74, 6) is 0.908. The number of anilines is 2. The Morgan fingerprint density at radius 2 is 2.08 bits per heavy atom. The Balaban J connectivity index is 1.66. The molecule has 2 N–H and O–H groups in total. The second kappa shape index (κ2) is 7.42. The average molecular weight is 382 g/mol. The van der Waals surface area contributed by atoms with Crippen molar-refractivity contribution >= 4 is 38.2 Å². The van der Waals surface area contributed by atoms with Crippen LogP contribution in [0.3, 0.4) is 0 Å². The van der Waals surface area contributed by atoms with Gasteiger partial charge in [-0.05, 0) is 18.9 Å². The van der Waals surface area contributed by atoms with Gasteiger partial charge in [0, 0.05) is 26.2 Å². The summed E-state index contributed by atoms with van der Waals surface area (Å²) in [7, 11) is -3.74. The third-order valence-electron chi connectivity index (χ3n) is 3.57. The van der Waals surface area contributed by atoms with Crippen molar-refractivity contribution in [2.45, 2.75) is 30.5 Å². The quantitative estimate of drug-likeness (QED) is 0.764. The van der Waals surface area contributed by atoms with Crippen LogP contribution in [0.15, 0.2) is 22.7 Å². The van der Waals surface area contributed by atoms with Crippen molar-refractivity contribution in [3.8, 4) is 0 Å². The third kappa shape index (κ3) is 4.50. The number of carbonyl (C=O) groups is 1. The van der Waals surface area contributed by atoms with Gasteiger partial charge in [0.25, 0.3) is 10.0 Å². The molecule has 0 atom stereocenters. The molecule has 9 nitrogen and oxygen atoms in total. The molecule has 0 spiro atoms. The second-order valence-electron chi connectivity index (χ2n) is 5.52. The molecule has 11 heteroatoms. The number of sulfonamides is 1. The molecule has 0 saturated carbocycles. The van der Waals surface area contributed by atoms with E-state index in [0.29, 0.717) is 5.82 Å². The summed E-state index contributed by atoms with van der Waals surface area (Å²) in [6, 6.07) is 1.83. The van der Waals surface area contributed by atoms with Crippen molar-refractivity contribution in [3.05, 3.63) is 24.3 Å². The smallest absolute Gasteiger partial charge is 0.252 e. The highest BCUT2D eigenvalue weighted by Crippen LogP contribution is 2.23. The zero-order chi connectivity index (χ0) is 17.9. The molecule has 1 saturated heterocycles. The van der Waals surface area contributed by atoms with E-state index >= 15 is 0 Å². The number of hydrogen-bond donors (Lipinski definition) is 2. The van der Waals surface area contributed by atoms with Crippen LogP contribution in [0.5, 0.6) is 0 Å². The second-order valence-corrected chi connectivity index (χ2v) is 8.54. The lowest BCUT2D eigenvalue weighted by molar-refractivity contribution is -0.114. The Morgan fingerprint density at radius 3 is 2.80 bits per heavy atom. The highest BCUT2D eigenvalue weighted by atomic mass is 32.2. The van der Waals surface area contributed by atoms with Gasteiger partial charge in [0.15, 0.2) is 9.34 Å². The van der Waals surface area contributed by atoms with E-state index < -0.39 is 10.0 Å². The van der Waals surface area contributed by atoms with Crippen LogP contribution in [0.1, 0.15) is 25.6 Å². The Hall–Kier alpha value is -2.11. The van der Waals surface area contributed by atoms with Gasteiger partial charge < -0.3 is 10.2 Å². The lowest BCUT2D eigenvalue weighted by Crippen LogP contribution is -2.25. The van der Waals surface area contributed by atoms with Gasteiger partial charge in [-0.1, -0.05) is 11.3 Å². The van der Waals surface area contributed by atoms with E-state index in [-0.39, 0.29) is 21.8 Å². The zero-order valence-electron chi connectivity index (χ0n) is 13.6. The number of nitrogens with one attached hydrogen (secondary N) is 2. The van der Waals surface area contributed by atoms with Crippen LogP contribution in [-0.2, 0) is 21.4 Å². The maximum atomic E-state index is 12.3. The van der Waals surface area contributed by atoms with E-state index in [0.717, 1.165) is 43.1 Å². The number of thiazole rings is 1. The van der Waals surface area contributed by atoms with Crippen LogP contribution >= 0.6 is 11.3 Å². The van der Waals surface area contributed by atoms with Crippen molar-refractivity contribution < 1.29 is 13.2 Å². The summed E-state index contributed by atoms with van der Waals surface area (Å²) in [4.78, 5) is 25.6. The molecule has 2 aromatic heterocycles. The molecule has 1 amide bonds. The molecule has 1 aliphatic rings. The van der Waals surface area contributed by atoms with Gasteiger partial charge in [-0.15, -0.1) is 0 Å². The van der Waals surface area contributed by atoms with Crippen LogP contribution in [0.4, 0.5) is 10.9 Å². The van der Waals surface area contributed by atoms with E-state index in [1.807, 2.05) is 6.07 Å². The van der Waals surface area contributed by atoms with Crippen LogP contribution in [-0.4, -0.2) is 42.4 Å². The Kier molecular flexibility index (Phi) is 5.25. The Labute approximate surface area is 149 Å². The van der Waals surface area contributed by atoms with Gasteiger partial charge in [0.2, 0.25) is 5.91 Å². The maximum absolute atomic E-state index is 12.3. The van der Waals surface area contributed by atoms with Gasteiger partial charge in [-0.25, -0.2) is 28.1 Å². The summed E-state index contributed by atoms with van der Waals surface area (Å²) < 4.78 is 27.1. The highest BCUT2D eigenvalue weighted by Gasteiger charge is 2.19. The molecule has 2 aromatic rings. The third-order valence-corrected chi connectivity index (χ3v) is 6.35. The van der Waals surface area contributed by atoms with Crippen LogP contribution in [0.2, 0.25) is 0 Å². The summed E-state index contributed by atoms with van der Waals surface area (Å²) in [5, 5.41) is 2.69. The first-order valence-corrected chi connectivity index (χ1v) is 10.0. The molecule has 0 aromatic carbocycles. The van der Waals surface area contributed by atoms with Crippen molar-refractivity contribution in [2.75, 3.05) is 23.3 Å². The minimum absolute atomic E-state index is 0.0165. The van der Waals surface area contributed by atoms with Gasteiger partial charge >= 0.3 is 0 Å². The molecule has 134 valence electrons. The molecule has 1 fully saturated rings. The largest absolute Gasteiger partial charge is 0.357 e. The summed E-state index contributed by atoms with van der Waals surface area (Å²) >= 11 is 0.884. The highest BCUT2D eigenvalue weighted by molar-refractivity contribution is 7.91. The molecule has 0 radical (unpaired) electrons. The van der Waals surface area contributed by atoms with Gasteiger partial charge in [0.05, 0.1) is 12.7 Å². The zero-order valence-corrected chi connectivity index (χ0v) is 15.2. The van der Waals surface area contributed by atoms with Crippen molar-refractivity contribution in [1.82, 2.24) is 19.7 Å². The molecule has 0 bridgehead atoms. The molecule has 1 aliphatic heterocycles. The van der Waals surface area contributed by atoms with Crippen LogP contribution in [0, 0.1) is 0 Å². The minimum Gasteiger partial charge on any atom is -0.357 e. The van der Waals surface area contributed by atoms with E-state index in [9.17, 15) is 13.2 Å². The molecule has 3 heterocycles. The summed E-state index contributed by atoms with van der Waals surface area (Å²) in [5.41, 5.74) is 0. The van der Waals surface area contributed by atoms with E-state index in [1.54, 1.807) is 6.20 Å². The number of rotatable bonds is 6.